The molecular formula is C31H44N4O4. The summed E-state index contributed by atoms with van der Waals surface area (Å²) in [5.41, 5.74) is 8.13. The molecule has 1 aliphatic rings. The number of phenolic OH excluding ortho intramolecular Hbond substituents is 1. The van der Waals surface area contributed by atoms with Gasteiger partial charge in [0, 0.05) is 12.6 Å². The van der Waals surface area contributed by atoms with Gasteiger partial charge in [-0.1, -0.05) is 25.0 Å². The highest BCUT2D eigenvalue weighted by molar-refractivity contribution is 6.06. The van der Waals surface area contributed by atoms with Gasteiger partial charge in [-0.25, -0.2) is 4.98 Å². The molecule has 1 atom stereocenters. The van der Waals surface area contributed by atoms with Gasteiger partial charge in [-0.15, -0.1) is 0 Å². The minimum atomic E-state index is -0.230. The molecule has 1 saturated heterocycles. The Balaban J connectivity index is 1.48. The molecule has 1 aromatic heterocycles. The van der Waals surface area contributed by atoms with Crippen LogP contribution >= 0.6 is 0 Å². The molecule has 1 aromatic carbocycles. The third-order valence-electron chi connectivity index (χ3n) is 7.55. The van der Waals surface area contributed by atoms with Gasteiger partial charge in [-0.2, -0.15) is 0 Å². The summed E-state index contributed by atoms with van der Waals surface area (Å²) in [5.74, 6) is 1.98. The van der Waals surface area contributed by atoms with Crippen LogP contribution in [0.1, 0.15) is 68.1 Å². The van der Waals surface area contributed by atoms with Crippen molar-refractivity contribution in [3.8, 4) is 11.5 Å². The van der Waals surface area contributed by atoms with E-state index in [1.807, 2.05) is 13.1 Å². The zero-order chi connectivity index (χ0) is 28.0. The van der Waals surface area contributed by atoms with Crippen LogP contribution < -0.4 is 21.1 Å². The molecule has 0 spiro atoms. The number of ketones is 2. The van der Waals surface area contributed by atoms with Crippen LogP contribution in [-0.2, 0) is 16.0 Å². The maximum absolute atomic E-state index is 12.6. The number of benzene rings is 1. The maximum atomic E-state index is 12.6. The molecule has 8 nitrogen and oxygen atoms in total. The Labute approximate surface area is 232 Å². The fraction of sp³-hybridized carbons (Fsp3) is 0.516. The van der Waals surface area contributed by atoms with Crippen LogP contribution in [0.3, 0.4) is 0 Å². The number of aromatic nitrogens is 1. The lowest BCUT2D eigenvalue weighted by Crippen LogP contribution is -2.35. The maximum Gasteiger partial charge on any atom is 0.163 e. The molecule has 8 heteroatoms. The van der Waals surface area contributed by atoms with Crippen molar-refractivity contribution in [3.05, 3.63) is 53.2 Å². The highest BCUT2D eigenvalue weighted by Gasteiger charge is 2.22. The van der Waals surface area contributed by atoms with Crippen molar-refractivity contribution >= 4 is 23.5 Å². The third kappa shape index (κ3) is 10.1. The van der Waals surface area contributed by atoms with Gasteiger partial charge in [-0.05, 0) is 112 Å². The van der Waals surface area contributed by atoms with Crippen LogP contribution in [0.5, 0.6) is 11.5 Å². The van der Waals surface area contributed by atoms with E-state index in [9.17, 15) is 14.7 Å². The van der Waals surface area contributed by atoms with E-state index >= 15 is 0 Å². The number of Topliss-reactive ketones (excluding diaryl/α,β-unsaturated/α-hetero) is 1. The second-order valence-electron chi connectivity index (χ2n) is 10.5. The Morgan fingerprint density at radius 2 is 2.03 bits per heavy atom. The van der Waals surface area contributed by atoms with E-state index in [0.717, 1.165) is 61.5 Å². The first-order valence-electron chi connectivity index (χ1n) is 14.1. The fourth-order valence-electron chi connectivity index (χ4n) is 5.37. The van der Waals surface area contributed by atoms with E-state index in [-0.39, 0.29) is 23.7 Å². The number of rotatable bonds is 16. The van der Waals surface area contributed by atoms with Gasteiger partial charge in [0.1, 0.15) is 11.6 Å². The molecule has 212 valence electrons. The average molecular weight is 537 g/mol. The number of methoxy groups -OCH3 is 1. The van der Waals surface area contributed by atoms with Crippen LogP contribution in [0.4, 0.5) is 5.82 Å². The van der Waals surface area contributed by atoms with Crippen LogP contribution in [0.2, 0.25) is 0 Å². The molecule has 1 aliphatic heterocycles. The molecule has 0 aliphatic carbocycles. The molecular weight excluding hydrogens is 492 g/mol. The summed E-state index contributed by atoms with van der Waals surface area (Å²) < 4.78 is 5.25. The fourth-order valence-corrected chi connectivity index (χ4v) is 5.37. The van der Waals surface area contributed by atoms with Gasteiger partial charge >= 0.3 is 0 Å². The lowest BCUT2D eigenvalue weighted by atomic mass is 9.81. The Kier molecular flexibility index (Phi) is 12.4. The minimum Gasteiger partial charge on any atom is -0.504 e. The topological polar surface area (TPSA) is 127 Å². The third-order valence-corrected chi connectivity index (χ3v) is 7.55. The van der Waals surface area contributed by atoms with Crippen LogP contribution in [0, 0.1) is 11.8 Å². The Hall–Kier alpha value is -3.23. The molecule has 2 heterocycles. The van der Waals surface area contributed by atoms with E-state index < -0.39 is 0 Å². The van der Waals surface area contributed by atoms with Gasteiger partial charge in [0.2, 0.25) is 0 Å². The molecule has 0 bridgehead atoms. The van der Waals surface area contributed by atoms with Gasteiger partial charge in [0.15, 0.2) is 17.3 Å². The smallest absolute Gasteiger partial charge is 0.163 e. The zero-order valence-electron chi connectivity index (χ0n) is 23.4. The molecule has 3 rings (SSSR count). The SMILES string of the molecule is CNCC(CCCCCC(=O)CC(=O)C=Cc1cc(OC)c(O)cc1Cc1ccc(N)nc1)C1CCNCC1. The van der Waals surface area contributed by atoms with Gasteiger partial charge < -0.3 is 26.2 Å². The number of nitrogens with two attached hydrogens (primary N) is 1. The number of ether oxygens (including phenoxy) is 1. The zero-order valence-corrected chi connectivity index (χ0v) is 23.4. The molecule has 0 amide bonds. The van der Waals surface area contributed by atoms with Gasteiger partial charge in [0.25, 0.3) is 0 Å². The molecule has 39 heavy (non-hydrogen) atoms. The highest BCUT2D eigenvalue weighted by Crippen LogP contribution is 2.31. The average Bonchev–Trinajstić information content (AvgIpc) is 2.93. The summed E-state index contributed by atoms with van der Waals surface area (Å²) in [6.45, 7) is 3.28. The molecule has 0 radical (unpaired) electrons. The number of carbonyl (C=O) groups is 2. The van der Waals surface area contributed by atoms with Crippen LogP contribution in [0.15, 0.2) is 36.5 Å². The molecule has 2 aromatic rings. The summed E-state index contributed by atoms with van der Waals surface area (Å²) in [6, 6.07) is 6.90. The Bertz CT molecular complexity index is 1090. The molecule has 1 fully saturated rings. The largest absolute Gasteiger partial charge is 0.504 e. The predicted molar refractivity (Wildman–Crippen MR) is 156 cm³/mol. The number of piperidine rings is 1. The quantitative estimate of drug-likeness (QED) is 0.142. The number of hydrogen-bond acceptors (Lipinski definition) is 8. The molecule has 5 N–H and O–H groups in total. The Morgan fingerprint density at radius 3 is 2.72 bits per heavy atom. The number of pyridine rings is 1. The van der Waals surface area contributed by atoms with Crippen molar-refractivity contribution in [2.45, 2.75) is 57.8 Å². The predicted octanol–water partition coefficient (Wildman–Crippen LogP) is 4.30. The number of allylic oxidation sites excluding steroid dienone is 1. The van der Waals surface area contributed by atoms with Crippen molar-refractivity contribution in [1.82, 2.24) is 15.6 Å². The second-order valence-corrected chi connectivity index (χ2v) is 10.5. The Morgan fingerprint density at radius 1 is 1.23 bits per heavy atom. The number of phenols is 1. The summed E-state index contributed by atoms with van der Waals surface area (Å²) in [7, 11) is 3.50. The first kappa shape index (κ1) is 30.3. The lowest BCUT2D eigenvalue weighted by molar-refractivity contribution is -0.124. The second kappa shape index (κ2) is 16.0. The van der Waals surface area contributed by atoms with Gasteiger partial charge in [-0.3, -0.25) is 9.59 Å². The lowest BCUT2D eigenvalue weighted by Gasteiger charge is -2.30. The number of unbranched alkanes of at least 4 members (excludes halogenated alkanes) is 2. The van der Waals surface area contributed by atoms with E-state index in [1.165, 1.54) is 32.4 Å². The van der Waals surface area contributed by atoms with Crippen molar-refractivity contribution in [3.63, 3.8) is 0 Å². The normalized spacial score (nSPS) is 14.9. The first-order valence-corrected chi connectivity index (χ1v) is 14.1. The number of nitrogens with zero attached hydrogens (tertiary/aromatic N) is 1. The van der Waals surface area contributed by atoms with Crippen molar-refractivity contribution in [1.29, 1.82) is 0 Å². The molecule has 0 saturated carbocycles. The van der Waals surface area contributed by atoms with Crippen LogP contribution in [0.25, 0.3) is 6.08 Å². The monoisotopic (exact) mass is 536 g/mol. The van der Waals surface area contributed by atoms with E-state index in [4.69, 9.17) is 10.5 Å². The number of nitrogen functional groups attached to an aromatic ring is 1. The highest BCUT2D eigenvalue weighted by atomic mass is 16.5. The molecule has 1 unspecified atom stereocenters. The number of aromatic hydroxyl groups is 1. The number of carbonyl (C=O) groups excluding carboxylic acids is 2. The van der Waals surface area contributed by atoms with Gasteiger partial charge in [0.05, 0.1) is 13.5 Å². The van der Waals surface area contributed by atoms with Crippen molar-refractivity contribution in [2.24, 2.45) is 11.8 Å². The van der Waals surface area contributed by atoms with Crippen molar-refractivity contribution in [2.75, 3.05) is 39.5 Å². The summed E-state index contributed by atoms with van der Waals surface area (Å²) in [5, 5.41) is 17.1. The number of nitrogens with one attached hydrogen (secondary N) is 2. The standard InChI is InChI=1S/C31H44N4O4/c1-33-21-25(23-12-14-34-15-13-23)6-4-3-5-7-27(36)19-28(37)10-9-24-18-30(39-2)29(38)17-26(24)16-22-8-11-31(32)35-20-22/h8-11,17-18,20,23,25,33-34,38H,3-7,12-16,19,21H2,1-2H3,(H2,32,35). The first-order chi connectivity index (χ1) is 18.9. The van der Waals surface area contributed by atoms with E-state index in [2.05, 4.69) is 15.6 Å². The van der Waals surface area contributed by atoms with Crippen molar-refractivity contribution < 1.29 is 19.4 Å². The summed E-state index contributed by atoms with van der Waals surface area (Å²) >= 11 is 0. The minimum absolute atomic E-state index is 0.0163. The number of hydrogen-bond donors (Lipinski definition) is 4. The van der Waals surface area contributed by atoms with E-state index in [1.54, 1.807) is 30.5 Å². The summed E-state index contributed by atoms with van der Waals surface area (Å²) in [4.78, 5) is 29.1. The van der Waals surface area contributed by atoms with Crippen LogP contribution in [-0.4, -0.2) is 55.4 Å². The number of anilines is 1. The summed E-state index contributed by atoms with van der Waals surface area (Å²) in [6.07, 6.45) is 12.3. The van der Waals surface area contributed by atoms with E-state index in [0.29, 0.717) is 30.3 Å².